The smallest absolute Gasteiger partial charge is 0.256 e. The Balaban J connectivity index is 2.20. The lowest BCUT2D eigenvalue weighted by atomic mass is 10.2. The lowest BCUT2D eigenvalue weighted by Crippen LogP contribution is -2.13. The predicted molar refractivity (Wildman–Crippen MR) is 78.7 cm³/mol. The van der Waals surface area contributed by atoms with E-state index in [9.17, 15) is 9.18 Å². The first-order valence-electron chi connectivity index (χ1n) is 5.37. The van der Waals surface area contributed by atoms with E-state index in [-0.39, 0.29) is 10.4 Å². The number of nitrogens with zero attached hydrogens (tertiary/aromatic N) is 1. The number of amides is 1. The number of benzene rings is 1. The Labute approximate surface area is 126 Å². The molecule has 0 saturated carbocycles. The number of aryl methyl sites for hydroxylation is 1. The zero-order chi connectivity index (χ0) is 14.0. The van der Waals surface area contributed by atoms with E-state index in [1.54, 1.807) is 12.1 Å². The van der Waals surface area contributed by atoms with Crippen molar-refractivity contribution in [2.45, 2.75) is 6.92 Å². The van der Waals surface area contributed by atoms with Crippen LogP contribution in [0.15, 0.2) is 39.3 Å². The average Bonchev–Trinajstić information content (AvgIpc) is 2.37. The van der Waals surface area contributed by atoms with E-state index in [1.165, 1.54) is 18.2 Å². The van der Waals surface area contributed by atoms with Crippen LogP contribution in [0.3, 0.4) is 0 Å². The number of hydrogen-bond acceptors (Lipinski definition) is 2. The summed E-state index contributed by atoms with van der Waals surface area (Å²) in [4.78, 5) is 16.2. The molecule has 0 aliphatic carbocycles. The maximum atomic E-state index is 13.1. The second-order valence-corrected chi connectivity index (χ2v) is 5.56. The van der Waals surface area contributed by atoms with Crippen LogP contribution >= 0.6 is 31.9 Å². The van der Waals surface area contributed by atoms with Crippen LogP contribution in [0, 0.1) is 12.7 Å². The zero-order valence-corrected chi connectivity index (χ0v) is 13.0. The van der Waals surface area contributed by atoms with Gasteiger partial charge in [-0.25, -0.2) is 9.37 Å². The van der Waals surface area contributed by atoms with Crippen molar-refractivity contribution in [2.75, 3.05) is 5.32 Å². The van der Waals surface area contributed by atoms with E-state index in [4.69, 9.17) is 0 Å². The van der Waals surface area contributed by atoms with Gasteiger partial charge in [0.15, 0.2) is 0 Å². The molecule has 0 aliphatic heterocycles. The third-order valence-electron chi connectivity index (χ3n) is 2.44. The summed E-state index contributed by atoms with van der Waals surface area (Å²) in [5, 5.41) is 2.66. The van der Waals surface area contributed by atoms with Gasteiger partial charge < -0.3 is 5.32 Å². The fourth-order valence-corrected chi connectivity index (χ4v) is 2.04. The van der Waals surface area contributed by atoms with Gasteiger partial charge in [0.2, 0.25) is 0 Å². The number of rotatable bonds is 2. The molecule has 1 amide bonds. The highest BCUT2D eigenvalue weighted by Crippen LogP contribution is 2.19. The molecule has 0 atom stereocenters. The molecule has 0 saturated heterocycles. The van der Waals surface area contributed by atoms with E-state index < -0.39 is 5.82 Å². The lowest BCUT2D eigenvalue weighted by molar-refractivity contribution is 0.102. The van der Waals surface area contributed by atoms with E-state index >= 15 is 0 Å². The fourth-order valence-electron chi connectivity index (χ4n) is 1.44. The molecule has 1 N–H and O–H groups in total. The van der Waals surface area contributed by atoms with Crippen LogP contribution in [0.2, 0.25) is 0 Å². The fraction of sp³-hybridized carbons (Fsp3) is 0.0769. The largest absolute Gasteiger partial charge is 0.307 e. The Kier molecular flexibility index (Phi) is 4.31. The first kappa shape index (κ1) is 14.1. The highest BCUT2D eigenvalue weighted by Gasteiger charge is 2.10. The van der Waals surface area contributed by atoms with Crippen molar-refractivity contribution >= 4 is 43.6 Å². The van der Waals surface area contributed by atoms with Crippen LogP contribution in [0.25, 0.3) is 0 Å². The van der Waals surface area contributed by atoms with E-state index in [2.05, 4.69) is 42.2 Å². The number of pyridine rings is 1. The summed E-state index contributed by atoms with van der Waals surface area (Å²) in [5.41, 5.74) is 1.13. The standard InChI is InChI=1S/C13H9Br2FN2O/c1-7-9(14)3-5-12(17-7)18-13(19)8-2-4-11(16)10(15)6-8/h2-6H,1H3,(H,17,18,19). The Morgan fingerprint density at radius 3 is 2.58 bits per heavy atom. The molecule has 0 bridgehead atoms. The Hall–Kier alpha value is -1.27. The van der Waals surface area contributed by atoms with E-state index in [0.29, 0.717) is 11.4 Å². The normalized spacial score (nSPS) is 10.3. The summed E-state index contributed by atoms with van der Waals surface area (Å²) in [6, 6.07) is 7.57. The highest BCUT2D eigenvalue weighted by molar-refractivity contribution is 9.10. The molecule has 0 spiro atoms. The Morgan fingerprint density at radius 2 is 1.95 bits per heavy atom. The molecule has 3 nitrogen and oxygen atoms in total. The first-order chi connectivity index (χ1) is 8.97. The summed E-state index contributed by atoms with van der Waals surface area (Å²) < 4.78 is 14.2. The van der Waals surface area contributed by atoms with Crippen LogP contribution in [-0.2, 0) is 0 Å². The minimum atomic E-state index is -0.408. The molecule has 0 fully saturated rings. The molecule has 19 heavy (non-hydrogen) atoms. The highest BCUT2D eigenvalue weighted by atomic mass is 79.9. The van der Waals surface area contributed by atoms with Gasteiger partial charge in [-0.15, -0.1) is 0 Å². The monoisotopic (exact) mass is 386 g/mol. The van der Waals surface area contributed by atoms with Gasteiger partial charge in [-0.1, -0.05) is 0 Å². The molecular formula is C13H9Br2FN2O. The van der Waals surface area contributed by atoms with E-state index in [0.717, 1.165) is 10.2 Å². The van der Waals surface area contributed by atoms with Crippen molar-refractivity contribution < 1.29 is 9.18 Å². The summed E-state index contributed by atoms with van der Waals surface area (Å²) in [7, 11) is 0. The SMILES string of the molecule is Cc1nc(NC(=O)c2ccc(F)c(Br)c2)ccc1Br. The average molecular weight is 388 g/mol. The molecule has 98 valence electrons. The number of carbonyl (C=O) groups is 1. The van der Waals surface area contributed by atoms with Crippen molar-refractivity contribution in [3.8, 4) is 0 Å². The number of anilines is 1. The van der Waals surface area contributed by atoms with Crippen LogP contribution in [0.1, 0.15) is 16.1 Å². The molecule has 2 rings (SSSR count). The first-order valence-corrected chi connectivity index (χ1v) is 6.95. The third-order valence-corrected chi connectivity index (χ3v) is 3.89. The van der Waals surface area contributed by atoms with Gasteiger partial charge in [-0.05, 0) is 69.1 Å². The number of halogens is 3. The van der Waals surface area contributed by atoms with Gasteiger partial charge in [0.1, 0.15) is 11.6 Å². The second-order valence-electron chi connectivity index (χ2n) is 3.85. The molecule has 0 radical (unpaired) electrons. The Morgan fingerprint density at radius 1 is 1.21 bits per heavy atom. The number of carbonyl (C=O) groups excluding carboxylic acids is 1. The topological polar surface area (TPSA) is 42.0 Å². The van der Waals surface area contributed by atoms with Crippen molar-refractivity contribution in [2.24, 2.45) is 0 Å². The van der Waals surface area contributed by atoms with Crippen molar-refractivity contribution in [3.63, 3.8) is 0 Å². The minimum absolute atomic E-state index is 0.250. The van der Waals surface area contributed by atoms with Crippen molar-refractivity contribution in [1.29, 1.82) is 0 Å². The third kappa shape index (κ3) is 3.39. The van der Waals surface area contributed by atoms with Gasteiger partial charge in [0.25, 0.3) is 5.91 Å². The van der Waals surface area contributed by atoms with Crippen molar-refractivity contribution in [3.05, 3.63) is 56.4 Å². The minimum Gasteiger partial charge on any atom is -0.307 e. The summed E-state index contributed by atoms with van der Waals surface area (Å²) in [6.45, 7) is 1.83. The summed E-state index contributed by atoms with van der Waals surface area (Å²) >= 11 is 6.38. The lowest BCUT2D eigenvalue weighted by Gasteiger charge is -2.06. The van der Waals surface area contributed by atoms with Crippen LogP contribution in [-0.4, -0.2) is 10.9 Å². The molecule has 1 aromatic heterocycles. The Bertz CT molecular complexity index is 647. The molecule has 0 unspecified atom stereocenters. The quantitative estimate of drug-likeness (QED) is 0.834. The van der Waals surface area contributed by atoms with Gasteiger partial charge >= 0.3 is 0 Å². The van der Waals surface area contributed by atoms with E-state index in [1.807, 2.05) is 6.92 Å². The van der Waals surface area contributed by atoms with Crippen LogP contribution < -0.4 is 5.32 Å². The predicted octanol–water partition coefficient (Wildman–Crippen LogP) is 4.31. The molecule has 6 heteroatoms. The maximum absolute atomic E-state index is 13.1. The number of hydrogen-bond donors (Lipinski definition) is 1. The molecule has 1 aromatic carbocycles. The molecule has 2 aromatic rings. The second kappa shape index (κ2) is 5.79. The number of nitrogens with one attached hydrogen (secondary N) is 1. The summed E-state index contributed by atoms with van der Waals surface area (Å²) in [5.74, 6) is -0.296. The van der Waals surface area contributed by atoms with Crippen LogP contribution in [0.4, 0.5) is 10.2 Å². The van der Waals surface area contributed by atoms with Crippen molar-refractivity contribution in [1.82, 2.24) is 4.98 Å². The zero-order valence-electron chi connectivity index (χ0n) is 9.88. The molecule has 1 heterocycles. The van der Waals surface area contributed by atoms with Gasteiger partial charge in [0.05, 0.1) is 10.2 Å². The van der Waals surface area contributed by atoms with Gasteiger partial charge in [-0.3, -0.25) is 4.79 Å². The summed E-state index contributed by atoms with van der Waals surface area (Å²) in [6.07, 6.45) is 0. The van der Waals surface area contributed by atoms with Gasteiger partial charge in [0, 0.05) is 10.0 Å². The number of aromatic nitrogens is 1. The molecular weight excluding hydrogens is 379 g/mol. The molecule has 0 aliphatic rings. The maximum Gasteiger partial charge on any atom is 0.256 e. The van der Waals surface area contributed by atoms with Gasteiger partial charge in [-0.2, -0.15) is 0 Å². The van der Waals surface area contributed by atoms with Crippen LogP contribution in [0.5, 0.6) is 0 Å².